The van der Waals surface area contributed by atoms with Crippen molar-refractivity contribution in [3.05, 3.63) is 42.1 Å². The Morgan fingerprint density at radius 1 is 1.17 bits per heavy atom. The molecule has 2 N–H and O–H groups in total. The monoisotopic (exact) mass is 423 g/mol. The van der Waals surface area contributed by atoms with Gasteiger partial charge in [0, 0.05) is 38.1 Å². The van der Waals surface area contributed by atoms with E-state index in [1.165, 1.54) is 12.1 Å². The van der Waals surface area contributed by atoms with E-state index >= 15 is 0 Å². The number of aromatic nitrogens is 2. The maximum absolute atomic E-state index is 13.0. The highest BCUT2D eigenvalue weighted by atomic mass is 19.4. The summed E-state index contributed by atoms with van der Waals surface area (Å²) in [7, 11) is 3.76. The van der Waals surface area contributed by atoms with E-state index in [0.717, 1.165) is 22.9 Å². The van der Waals surface area contributed by atoms with Crippen LogP contribution in [0.15, 0.2) is 36.5 Å². The van der Waals surface area contributed by atoms with Crippen molar-refractivity contribution < 1.29 is 23.1 Å². The normalized spacial score (nSPS) is 19.2. The Kier molecular flexibility index (Phi) is 6.33. The third-order valence-corrected chi connectivity index (χ3v) is 5.15. The van der Waals surface area contributed by atoms with E-state index in [2.05, 4.69) is 15.3 Å². The zero-order valence-electron chi connectivity index (χ0n) is 16.7. The molecule has 1 amide bonds. The maximum Gasteiger partial charge on any atom is 0.416 e. The fourth-order valence-electron chi connectivity index (χ4n) is 3.64. The number of hydrogen-bond acceptors (Lipinski definition) is 5. The third-order valence-electron chi connectivity index (χ3n) is 5.15. The summed E-state index contributed by atoms with van der Waals surface area (Å²) in [5.41, 5.74) is -0.824. The molecule has 0 saturated heterocycles. The fraction of sp³-hybridized carbons (Fsp3) is 0.450. The minimum atomic E-state index is -4.52. The molecule has 1 fully saturated rings. The molecule has 1 aromatic heterocycles. The van der Waals surface area contributed by atoms with Gasteiger partial charge < -0.3 is 15.3 Å². The molecule has 0 spiro atoms. The molecule has 0 atom stereocenters. The Morgan fingerprint density at radius 2 is 1.87 bits per heavy atom. The quantitative estimate of drug-likeness (QED) is 0.739. The second-order valence-corrected chi connectivity index (χ2v) is 7.48. The van der Waals surface area contributed by atoms with Gasteiger partial charge in [0.25, 0.3) is 0 Å². The van der Waals surface area contributed by atoms with E-state index in [0.29, 0.717) is 31.6 Å². The van der Waals surface area contributed by atoms with E-state index < -0.39 is 23.9 Å². The molecule has 7 nitrogen and oxygen atoms in total. The number of alkyl halides is 3. The molecule has 0 radical (unpaired) electrons. The Morgan fingerprint density at radius 3 is 2.47 bits per heavy atom. The zero-order valence-corrected chi connectivity index (χ0v) is 16.7. The smallest absolute Gasteiger partial charge is 0.416 e. The second kappa shape index (κ2) is 8.76. The van der Waals surface area contributed by atoms with Gasteiger partial charge in [-0.3, -0.25) is 4.90 Å². The minimum absolute atomic E-state index is 0.0377. The lowest BCUT2D eigenvalue weighted by Crippen LogP contribution is -2.43. The predicted octanol–water partition coefficient (Wildman–Crippen LogP) is 4.47. The molecule has 10 heteroatoms. The first kappa shape index (κ1) is 21.7. The Balaban J connectivity index is 1.68. The molecule has 1 aromatic carbocycles. The number of benzene rings is 1. The van der Waals surface area contributed by atoms with Gasteiger partial charge in [0.1, 0.15) is 5.82 Å². The Hall–Kier alpha value is -3.04. The first-order chi connectivity index (χ1) is 14.1. The maximum atomic E-state index is 13.0. The highest BCUT2D eigenvalue weighted by Crippen LogP contribution is 2.34. The van der Waals surface area contributed by atoms with Gasteiger partial charge in [-0.2, -0.15) is 18.2 Å². The predicted molar refractivity (Wildman–Crippen MR) is 108 cm³/mol. The van der Waals surface area contributed by atoms with Crippen LogP contribution in [0.4, 0.5) is 35.4 Å². The number of carbonyl (C=O) groups is 1. The summed E-state index contributed by atoms with van der Waals surface area (Å²) in [4.78, 5) is 23.4. The van der Waals surface area contributed by atoms with Crippen LogP contribution in [0.1, 0.15) is 31.2 Å². The van der Waals surface area contributed by atoms with Crippen LogP contribution >= 0.6 is 0 Å². The summed E-state index contributed by atoms with van der Waals surface area (Å²) in [6.45, 7) is 0. The number of nitrogens with one attached hydrogen (secondary N) is 1. The molecule has 162 valence electrons. The van der Waals surface area contributed by atoms with Crippen molar-refractivity contribution in [2.75, 3.05) is 29.2 Å². The second-order valence-electron chi connectivity index (χ2n) is 7.48. The zero-order chi connectivity index (χ0) is 21.9. The number of amides is 1. The SMILES string of the molecule is CN(C)c1ccnc(NC2CCC(N(C(=O)O)c3cccc(C(F)(F)F)c3)CC2)n1. The minimum Gasteiger partial charge on any atom is -0.465 e. The van der Waals surface area contributed by atoms with Crippen LogP contribution in [0.5, 0.6) is 0 Å². The molecule has 1 heterocycles. The molecule has 0 unspecified atom stereocenters. The molecule has 0 aliphatic heterocycles. The van der Waals surface area contributed by atoms with Gasteiger partial charge in [0.15, 0.2) is 0 Å². The highest BCUT2D eigenvalue weighted by molar-refractivity contribution is 5.87. The van der Waals surface area contributed by atoms with Gasteiger partial charge in [-0.05, 0) is 49.9 Å². The van der Waals surface area contributed by atoms with E-state index in [9.17, 15) is 23.1 Å². The van der Waals surface area contributed by atoms with Crippen LogP contribution in [-0.4, -0.2) is 47.3 Å². The van der Waals surface area contributed by atoms with Crippen molar-refractivity contribution in [2.24, 2.45) is 0 Å². The average molecular weight is 423 g/mol. The van der Waals surface area contributed by atoms with Crippen molar-refractivity contribution in [3.8, 4) is 0 Å². The van der Waals surface area contributed by atoms with E-state index in [1.807, 2.05) is 19.0 Å². The lowest BCUT2D eigenvalue weighted by Gasteiger charge is -2.35. The first-order valence-electron chi connectivity index (χ1n) is 9.61. The summed E-state index contributed by atoms with van der Waals surface area (Å²) in [6.07, 6.45) is -1.76. The van der Waals surface area contributed by atoms with E-state index in [4.69, 9.17) is 0 Å². The van der Waals surface area contributed by atoms with Crippen LogP contribution < -0.4 is 15.1 Å². The number of halogens is 3. The van der Waals surface area contributed by atoms with Crippen LogP contribution in [0.3, 0.4) is 0 Å². The average Bonchev–Trinajstić information content (AvgIpc) is 2.69. The molecule has 2 aromatic rings. The summed E-state index contributed by atoms with van der Waals surface area (Å²) in [5, 5.41) is 12.9. The van der Waals surface area contributed by atoms with Crippen LogP contribution in [0.2, 0.25) is 0 Å². The highest BCUT2D eigenvalue weighted by Gasteiger charge is 2.34. The van der Waals surface area contributed by atoms with Gasteiger partial charge in [0.05, 0.1) is 5.56 Å². The molecular formula is C20H24F3N5O2. The van der Waals surface area contributed by atoms with Crippen molar-refractivity contribution >= 4 is 23.5 Å². The molecular weight excluding hydrogens is 399 g/mol. The van der Waals surface area contributed by atoms with Crippen molar-refractivity contribution in [3.63, 3.8) is 0 Å². The van der Waals surface area contributed by atoms with Crippen molar-refractivity contribution in [2.45, 2.75) is 43.9 Å². The molecule has 1 aliphatic carbocycles. The first-order valence-corrected chi connectivity index (χ1v) is 9.61. The number of carboxylic acid groups (broad SMARTS) is 1. The molecule has 30 heavy (non-hydrogen) atoms. The lowest BCUT2D eigenvalue weighted by molar-refractivity contribution is -0.137. The summed E-state index contributed by atoms with van der Waals surface area (Å²) in [5.74, 6) is 1.26. The molecule has 1 saturated carbocycles. The number of nitrogens with zero attached hydrogens (tertiary/aromatic N) is 4. The van der Waals surface area contributed by atoms with Gasteiger partial charge >= 0.3 is 12.3 Å². The third kappa shape index (κ3) is 5.11. The fourth-order valence-corrected chi connectivity index (χ4v) is 3.64. The standard InChI is InChI=1S/C20H24F3N5O2/c1-27(2)17-10-11-24-18(26-17)25-14-6-8-15(9-7-14)28(19(29)30)16-5-3-4-13(12-16)20(21,22)23/h3-5,10-12,14-15H,6-9H2,1-2H3,(H,29,30)(H,24,25,26). The van der Waals surface area contributed by atoms with E-state index in [1.54, 1.807) is 12.3 Å². The van der Waals surface area contributed by atoms with Gasteiger partial charge in [-0.1, -0.05) is 6.07 Å². The van der Waals surface area contributed by atoms with Gasteiger partial charge in [0.2, 0.25) is 5.95 Å². The number of anilines is 3. The van der Waals surface area contributed by atoms with Crippen LogP contribution in [0.25, 0.3) is 0 Å². The summed E-state index contributed by atoms with van der Waals surface area (Å²) >= 11 is 0. The Labute approximate surface area is 172 Å². The number of rotatable bonds is 5. The van der Waals surface area contributed by atoms with Gasteiger partial charge in [-0.25, -0.2) is 9.78 Å². The summed E-state index contributed by atoms with van der Waals surface area (Å²) < 4.78 is 39.1. The van der Waals surface area contributed by atoms with E-state index in [-0.39, 0.29) is 11.7 Å². The molecule has 3 rings (SSSR count). The van der Waals surface area contributed by atoms with Crippen molar-refractivity contribution in [1.29, 1.82) is 0 Å². The largest absolute Gasteiger partial charge is 0.465 e. The topological polar surface area (TPSA) is 81.6 Å². The summed E-state index contributed by atoms with van der Waals surface area (Å²) in [6, 6.07) is 5.92. The van der Waals surface area contributed by atoms with Gasteiger partial charge in [-0.15, -0.1) is 0 Å². The number of hydrogen-bond donors (Lipinski definition) is 2. The Bertz CT molecular complexity index is 883. The van der Waals surface area contributed by atoms with Crippen molar-refractivity contribution in [1.82, 2.24) is 9.97 Å². The lowest BCUT2D eigenvalue weighted by atomic mass is 9.90. The van der Waals surface area contributed by atoms with Crippen LogP contribution in [0, 0.1) is 0 Å². The molecule has 1 aliphatic rings. The molecule has 0 bridgehead atoms. The van der Waals surface area contributed by atoms with Crippen LogP contribution in [-0.2, 0) is 6.18 Å².